The van der Waals surface area contributed by atoms with Crippen molar-refractivity contribution in [2.75, 3.05) is 6.54 Å². The molecule has 2 N–H and O–H groups in total. The number of aromatic nitrogens is 1. The number of nitrogens with zero attached hydrogens (tertiary/aromatic N) is 1. The van der Waals surface area contributed by atoms with Crippen LogP contribution in [0.4, 0.5) is 0 Å². The van der Waals surface area contributed by atoms with Gasteiger partial charge < -0.3 is 5.73 Å². The largest absolute Gasteiger partial charge is 0.320 e. The minimum absolute atomic E-state index is 0.397. The molecule has 0 aliphatic rings. The number of rotatable bonds is 0. The summed E-state index contributed by atoms with van der Waals surface area (Å²) in [4.78, 5) is 3.96. The molecule has 0 fully saturated rings. The van der Waals surface area contributed by atoms with Gasteiger partial charge in [-0.25, -0.2) is 0 Å². The van der Waals surface area contributed by atoms with Gasteiger partial charge in [0.15, 0.2) is 0 Å². The molecule has 0 spiro atoms. The summed E-state index contributed by atoms with van der Waals surface area (Å²) in [7, 11) is 0. The Hall–Kier alpha value is -1.33. The van der Waals surface area contributed by atoms with Crippen molar-refractivity contribution >= 4 is 0 Å². The molecule has 0 unspecified atom stereocenters. The summed E-state index contributed by atoms with van der Waals surface area (Å²) in [6.07, 6.45) is 3.50. The quantitative estimate of drug-likeness (QED) is 0.547. The van der Waals surface area contributed by atoms with Crippen LogP contribution in [-0.4, -0.2) is 11.5 Å². The third-order valence-corrected chi connectivity index (χ3v) is 1.36. The Kier molecular flexibility index (Phi) is 2.65. The Labute approximate surface area is 66.4 Å². The summed E-state index contributed by atoms with van der Waals surface area (Å²) in [5, 5.41) is 0. The van der Waals surface area contributed by atoms with Crippen molar-refractivity contribution in [2.24, 2.45) is 5.73 Å². The highest BCUT2D eigenvalue weighted by molar-refractivity contribution is 5.38. The average molecular weight is 146 g/mol. The second-order valence-corrected chi connectivity index (χ2v) is 2.20. The molecule has 0 amide bonds. The first kappa shape index (κ1) is 7.77. The van der Waals surface area contributed by atoms with Crippen LogP contribution in [0.15, 0.2) is 18.5 Å². The van der Waals surface area contributed by atoms with E-state index in [1.54, 1.807) is 12.4 Å². The first-order valence-corrected chi connectivity index (χ1v) is 3.44. The highest BCUT2D eigenvalue weighted by atomic mass is 14.6. The molecular weight excluding hydrogens is 136 g/mol. The van der Waals surface area contributed by atoms with Crippen molar-refractivity contribution in [3.05, 3.63) is 29.6 Å². The van der Waals surface area contributed by atoms with E-state index in [9.17, 15) is 0 Å². The van der Waals surface area contributed by atoms with Crippen LogP contribution < -0.4 is 5.73 Å². The zero-order chi connectivity index (χ0) is 8.10. The maximum Gasteiger partial charge on any atom is 0.0555 e. The number of hydrogen-bond acceptors (Lipinski definition) is 2. The van der Waals surface area contributed by atoms with Gasteiger partial charge in [-0.2, -0.15) is 0 Å². The van der Waals surface area contributed by atoms with E-state index >= 15 is 0 Å². The zero-order valence-corrected chi connectivity index (χ0v) is 6.46. The summed E-state index contributed by atoms with van der Waals surface area (Å²) in [5.74, 6) is 5.72. The highest BCUT2D eigenvalue weighted by Crippen LogP contribution is 2.01. The third-order valence-electron chi connectivity index (χ3n) is 1.36. The van der Waals surface area contributed by atoms with Crippen LogP contribution >= 0.6 is 0 Å². The Bertz CT molecular complexity index is 294. The predicted molar refractivity (Wildman–Crippen MR) is 44.9 cm³/mol. The molecule has 11 heavy (non-hydrogen) atoms. The van der Waals surface area contributed by atoms with Crippen molar-refractivity contribution in [3.63, 3.8) is 0 Å². The molecule has 2 heteroatoms. The Morgan fingerprint density at radius 3 is 3.09 bits per heavy atom. The first-order valence-electron chi connectivity index (χ1n) is 3.44. The maximum absolute atomic E-state index is 5.23. The van der Waals surface area contributed by atoms with Crippen molar-refractivity contribution < 1.29 is 0 Å². The molecule has 1 rings (SSSR count). The molecule has 0 radical (unpaired) electrons. The molecule has 0 saturated carbocycles. The molecule has 1 aromatic heterocycles. The minimum atomic E-state index is 0.397. The summed E-state index contributed by atoms with van der Waals surface area (Å²) < 4.78 is 0. The van der Waals surface area contributed by atoms with Crippen molar-refractivity contribution in [1.29, 1.82) is 0 Å². The van der Waals surface area contributed by atoms with Gasteiger partial charge in [0.05, 0.1) is 6.54 Å². The highest BCUT2D eigenvalue weighted by Gasteiger charge is 1.89. The topological polar surface area (TPSA) is 38.9 Å². The molecule has 0 aliphatic carbocycles. The second-order valence-electron chi connectivity index (χ2n) is 2.20. The van der Waals surface area contributed by atoms with Gasteiger partial charge in [-0.1, -0.05) is 11.8 Å². The molecule has 56 valence electrons. The van der Waals surface area contributed by atoms with Crippen LogP contribution in [0.2, 0.25) is 0 Å². The molecule has 0 saturated heterocycles. The number of hydrogen-bond donors (Lipinski definition) is 1. The normalized spacial score (nSPS) is 8.55. The van der Waals surface area contributed by atoms with E-state index in [4.69, 9.17) is 5.73 Å². The van der Waals surface area contributed by atoms with Gasteiger partial charge in [0.2, 0.25) is 0 Å². The second kappa shape index (κ2) is 3.75. The standard InChI is InChI=1S/C9H10N2/c1-8-4-6-11-7-9(8)3-2-5-10/h4,6-7H,5,10H2,1H3. The van der Waals surface area contributed by atoms with E-state index in [2.05, 4.69) is 16.8 Å². The fourth-order valence-electron chi connectivity index (χ4n) is 0.741. The van der Waals surface area contributed by atoms with Gasteiger partial charge in [-0.05, 0) is 18.6 Å². The monoisotopic (exact) mass is 146 g/mol. The summed E-state index contributed by atoms with van der Waals surface area (Å²) >= 11 is 0. The maximum atomic E-state index is 5.23. The van der Waals surface area contributed by atoms with Crippen molar-refractivity contribution in [3.8, 4) is 11.8 Å². The minimum Gasteiger partial charge on any atom is -0.320 e. The van der Waals surface area contributed by atoms with Crippen LogP contribution in [-0.2, 0) is 0 Å². The van der Waals surface area contributed by atoms with E-state index in [1.165, 1.54) is 0 Å². The molecule has 0 bridgehead atoms. The predicted octanol–water partition coefficient (Wildman–Crippen LogP) is 0.700. The van der Waals surface area contributed by atoms with Gasteiger partial charge in [0.1, 0.15) is 0 Å². The van der Waals surface area contributed by atoms with Gasteiger partial charge >= 0.3 is 0 Å². The lowest BCUT2D eigenvalue weighted by Crippen LogP contribution is -1.93. The summed E-state index contributed by atoms with van der Waals surface area (Å²) in [6.45, 7) is 2.40. The zero-order valence-electron chi connectivity index (χ0n) is 6.46. The molecule has 0 aliphatic heterocycles. The Morgan fingerprint density at radius 2 is 2.45 bits per heavy atom. The summed E-state index contributed by atoms with van der Waals surface area (Å²) in [6, 6.07) is 1.93. The fourth-order valence-corrected chi connectivity index (χ4v) is 0.741. The smallest absolute Gasteiger partial charge is 0.0555 e. The van der Waals surface area contributed by atoms with Crippen molar-refractivity contribution in [1.82, 2.24) is 4.98 Å². The first-order chi connectivity index (χ1) is 5.34. The molecule has 0 atom stereocenters. The van der Waals surface area contributed by atoms with Crippen LogP contribution in [0.1, 0.15) is 11.1 Å². The Morgan fingerprint density at radius 1 is 1.64 bits per heavy atom. The molecule has 1 aromatic rings. The fraction of sp³-hybridized carbons (Fsp3) is 0.222. The Balaban J connectivity index is 2.95. The van der Waals surface area contributed by atoms with Crippen LogP contribution in [0, 0.1) is 18.8 Å². The van der Waals surface area contributed by atoms with E-state index in [-0.39, 0.29) is 0 Å². The van der Waals surface area contributed by atoms with Crippen LogP contribution in [0.25, 0.3) is 0 Å². The van der Waals surface area contributed by atoms with Gasteiger partial charge in [-0.3, -0.25) is 4.98 Å². The lowest BCUT2D eigenvalue weighted by molar-refractivity contribution is 1.26. The SMILES string of the molecule is Cc1ccncc1C#CCN. The third kappa shape index (κ3) is 2.06. The number of nitrogens with two attached hydrogens (primary N) is 1. The van der Waals surface area contributed by atoms with E-state index in [0.29, 0.717) is 6.54 Å². The van der Waals surface area contributed by atoms with Gasteiger partial charge in [0, 0.05) is 18.0 Å². The van der Waals surface area contributed by atoms with Crippen molar-refractivity contribution in [2.45, 2.75) is 6.92 Å². The number of aryl methyl sites for hydroxylation is 1. The van der Waals surface area contributed by atoms with Crippen LogP contribution in [0.3, 0.4) is 0 Å². The molecular formula is C9H10N2. The van der Waals surface area contributed by atoms with Gasteiger partial charge in [0.25, 0.3) is 0 Å². The molecule has 2 nitrogen and oxygen atoms in total. The van der Waals surface area contributed by atoms with E-state index < -0.39 is 0 Å². The molecule has 1 heterocycles. The average Bonchev–Trinajstić information content (AvgIpc) is 2.03. The van der Waals surface area contributed by atoms with E-state index in [0.717, 1.165) is 11.1 Å². The summed E-state index contributed by atoms with van der Waals surface area (Å²) in [5.41, 5.74) is 7.33. The number of pyridine rings is 1. The van der Waals surface area contributed by atoms with Crippen LogP contribution in [0.5, 0.6) is 0 Å². The lowest BCUT2D eigenvalue weighted by Gasteiger charge is -1.93. The molecule has 0 aromatic carbocycles. The van der Waals surface area contributed by atoms with Gasteiger partial charge in [-0.15, -0.1) is 0 Å². The van der Waals surface area contributed by atoms with E-state index in [1.807, 2.05) is 13.0 Å². The lowest BCUT2D eigenvalue weighted by atomic mass is 10.2.